The summed E-state index contributed by atoms with van der Waals surface area (Å²) in [5.74, 6) is -2.71. The van der Waals surface area contributed by atoms with Crippen LogP contribution in [-0.4, -0.2) is 44.6 Å². The van der Waals surface area contributed by atoms with Gasteiger partial charge in [-0.05, 0) is 23.3 Å². The van der Waals surface area contributed by atoms with Gasteiger partial charge in [0.05, 0.1) is 0 Å². The summed E-state index contributed by atoms with van der Waals surface area (Å²) in [6.07, 6.45) is -3.63. The van der Waals surface area contributed by atoms with Crippen LogP contribution >= 0.6 is 0 Å². The Balaban J connectivity index is 2.03. The van der Waals surface area contributed by atoms with Gasteiger partial charge in [-0.15, -0.1) is 0 Å². The van der Waals surface area contributed by atoms with Crippen LogP contribution in [0.1, 0.15) is 11.1 Å². The number of aromatic hydroxyl groups is 2. The van der Waals surface area contributed by atoms with Gasteiger partial charge in [-0.1, -0.05) is 36.4 Å². The van der Waals surface area contributed by atoms with E-state index in [2.05, 4.69) is 0 Å². The molecule has 7 nitrogen and oxygen atoms in total. The molecule has 0 radical (unpaired) electrons. The van der Waals surface area contributed by atoms with Crippen molar-refractivity contribution in [2.24, 2.45) is 0 Å². The van der Waals surface area contributed by atoms with Crippen molar-refractivity contribution in [3.63, 3.8) is 0 Å². The van der Waals surface area contributed by atoms with Crippen molar-refractivity contribution in [2.45, 2.75) is 25.0 Å². The molecule has 25 heavy (non-hydrogen) atoms. The van der Waals surface area contributed by atoms with Crippen LogP contribution in [0.5, 0.6) is 11.5 Å². The molecule has 4 N–H and O–H groups in total. The molecular formula is C18H18O7. The molecule has 0 heterocycles. The van der Waals surface area contributed by atoms with Crippen molar-refractivity contribution in [3.8, 4) is 11.5 Å². The fourth-order valence-corrected chi connectivity index (χ4v) is 2.26. The van der Waals surface area contributed by atoms with Gasteiger partial charge in [0, 0.05) is 12.8 Å². The number of carboxylic acid groups (broad SMARTS) is 1. The second-order valence-electron chi connectivity index (χ2n) is 5.45. The zero-order chi connectivity index (χ0) is 18.4. The van der Waals surface area contributed by atoms with Gasteiger partial charge < -0.3 is 25.2 Å². The third-order valence-electron chi connectivity index (χ3n) is 3.61. The van der Waals surface area contributed by atoms with Gasteiger partial charge >= 0.3 is 11.9 Å². The number of carbonyl (C=O) groups excluding carboxylic acids is 1. The van der Waals surface area contributed by atoms with Gasteiger partial charge in [0.25, 0.3) is 0 Å². The van der Waals surface area contributed by atoms with Crippen LogP contribution in [-0.2, 0) is 27.2 Å². The molecule has 132 valence electrons. The summed E-state index contributed by atoms with van der Waals surface area (Å²) in [6.45, 7) is 0. The molecule has 2 atom stereocenters. The van der Waals surface area contributed by atoms with Gasteiger partial charge in [-0.25, -0.2) is 9.59 Å². The van der Waals surface area contributed by atoms with E-state index >= 15 is 0 Å². The summed E-state index contributed by atoms with van der Waals surface area (Å²) < 4.78 is 4.86. The minimum absolute atomic E-state index is 0.0849. The third kappa shape index (κ3) is 4.95. The van der Waals surface area contributed by atoms with Gasteiger partial charge in [0.15, 0.2) is 6.10 Å². The molecule has 0 aromatic heterocycles. The number of carboxylic acids is 1. The van der Waals surface area contributed by atoms with Gasteiger partial charge in [-0.3, -0.25) is 0 Å². The van der Waals surface area contributed by atoms with E-state index in [4.69, 9.17) is 4.74 Å². The number of rotatable bonds is 7. The van der Waals surface area contributed by atoms with Gasteiger partial charge in [-0.2, -0.15) is 0 Å². The number of hydrogen-bond donors (Lipinski definition) is 4. The number of ether oxygens (including phenoxy) is 1. The first-order valence-electron chi connectivity index (χ1n) is 7.53. The first-order chi connectivity index (χ1) is 11.9. The molecular weight excluding hydrogens is 328 g/mol. The van der Waals surface area contributed by atoms with Crippen molar-refractivity contribution in [1.82, 2.24) is 0 Å². The Morgan fingerprint density at radius 2 is 1.36 bits per heavy atom. The molecule has 0 bridgehead atoms. The van der Waals surface area contributed by atoms with E-state index < -0.39 is 24.1 Å². The first kappa shape index (κ1) is 18.3. The quantitative estimate of drug-likeness (QED) is 0.556. The highest BCUT2D eigenvalue weighted by molar-refractivity contribution is 5.80. The van der Waals surface area contributed by atoms with Gasteiger partial charge in [0.2, 0.25) is 6.10 Å². The Morgan fingerprint density at radius 1 is 0.880 bits per heavy atom. The van der Waals surface area contributed by atoms with Crippen LogP contribution < -0.4 is 0 Å². The Bertz CT molecular complexity index is 757. The molecule has 2 aromatic carbocycles. The maximum atomic E-state index is 12.0. The fourth-order valence-electron chi connectivity index (χ4n) is 2.26. The van der Waals surface area contributed by atoms with Crippen LogP contribution in [0.25, 0.3) is 0 Å². The second kappa shape index (κ2) is 8.16. The molecule has 0 aliphatic carbocycles. The largest absolute Gasteiger partial charge is 0.508 e. The lowest BCUT2D eigenvalue weighted by Crippen LogP contribution is -2.35. The molecule has 2 rings (SSSR count). The summed E-state index contributed by atoms with van der Waals surface area (Å²) in [5, 5.41) is 38.5. The molecule has 0 aliphatic heterocycles. The van der Waals surface area contributed by atoms with Crippen molar-refractivity contribution in [2.75, 3.05) is 0 Å². The summed E-state index contributed by atoms with van der Waals surface area (Å²) in [7, 11) is 0. The lowest BCUT2D eigenvalue weighted by atomic mass is 10.1. The predicted octanol–water partition coefficient (Wildman–Crippen LogP) is 1.24. The fraction of sp³-hybridized carbons (Fsp3) is 0.222. The van der Waals surface area contributed by atoms with Crippen LogP contribution in [0.3, 0.4) is 0 Å². The molecule has 0 saturated carbocycles. The highest BCUT2D eigenvalue weighted by atomic mass is 16.6. The van der Waals surface area contributed by atoms with Crippen LogP contribution in [0.4, 0.5) is 0 Å². The number of benzene rings is 2. The molecule has 0 fully saturated rings. The number of phenols is 2. The smallest absolute Gasteiger partial charge is 0.345 e. The molecule has 0 aliphatic rings. The van der Waals surface area contributed by atoms with E-state index in [1.807, 2.05) is 0 Å². The SMILES string of the molecule is O=C(OC(Cc1ccccc1O)C(=O)O)C(O)Cc1ccccc1O. The van der Waals surface area contributed by atoms with Gasteiger partial charge in [0.1, 0.15) is 11.5 Å². The third-order valence-corrected chi connectivity index (χ3v) is 3.61. The molecule has 0 saturated heterocycles. The number of phenolic OH excluding ortho intramolecular Hbond substituents is 2. The van der Waals surface area contributed by atoms with E-state index in [1.54, 1.807) is 24.3 Å². The minimum atomic E-state index is -1.63. The van der Waals surface area contributed by atoms with E-state index in [1.165, 1.54) is 24.3 Å². The Kier molecular flexibility index (Phi) is 5.97. The van der Waals surface area contributed by atoms with Crippen molar-refractivity contribution in [3.05, 3.63) is 59.7 Å². The summed E-state index contributed by atoms with van der Waals surface area (Å²) in [4.78, 5) is 23.3. The number of carbonyl (C=O) groups is 2. The number of aliphatic hydroxyl groups is 1. The Morgan fingerprint density at radius 3 is 1.84 bits per heavy atom. The van der Waals surface area contributed by atoms with Crippen molar-refractivity contribution >= 4 is 11.9 Å². The number of esters is 1. The number of hydrogen-bond acceptors (Lipinski definition) is 6. The van der Waals surface area contributed by atoms with E-state index in [0.29, 0.717) is 11.1 Å². The number of aliphatic carboxylic acids is 1. The Hall–Kier alpha value is -3.06. The van der Waals surface area contributed by atoms with Crippen LogP contribution in [0.15, 0.2) is 48.5 Å². The second-order valence-corrected chi connectivity index (χ2v) is 5.45. The monoisotopic (exact) mass is 346 g/mol. The average Bonchev–Trinajstić information content (AvgIpc) is 2.57. The average molecular weight is 346 g/mol. The standard InChI is InChI=1S/C18H18O7/c19-13-7-3-1-5-11(13)9-15(21)18(24)25-16(17(22)23)10-12-6-2-4-8-14(12)20/h1-8,15-16,19-21H,9-10H2,(H,22,23). The van der Waals surface area contributed by atoms with Crippen molar-refractivity contribution in [1.29, 1.82) is 0 Å². The van der Waals surface area contributed by atoms with E-state index in [9.17, 15) is 30.0 Å². The summed E-state index contributed by atoms with van der Waals surface area (Å²) in [6, 6.07) is 12.3. The van der Waals surface area contributed by atoms with Crippen LogP contribution in [0, 0.1) is 0 Å². The highest BCUT2D eigenvalue weighted by Crippen LogP contribution is 2.20. The molecule has 0 amide bonds. The topological polar surface area (TPSA) is 124 Å². The summed E-state index contributed by atoms with van der Waals surface area (Å²) in [5.41, 5.74) is 0.637. The van der Waals surface area contributed by atoms with Crippen molar-refractivity contribution < 1.29 is 34.8 Å². The van der Waals surface area contributed by atoms with E-state index in [0.717, 1.165) is 0 Å². The molecule has 7 heteroatoms. The normalized spacial score (nSPS) is 13.0. The predicted molar refractivity (Wildman–Crippen MR) is 87.1 cm³/mol. The lowest BCUT2D eigenvalue weighted by molar-refractivity contribution is -0.170. The molecule has 0 spiro atoms. The molecule has 2 aromatic rings. The first-order valence-corrected chi connectivity index (χ1v) is 7.53. The van der Waals surface area contributed by atoms with E-state index in [-0.39, 0.29) is 24.3 Å². The number of aliphatic hydroxyl groups excluding tert-OH is 1. The maximum Gasteiger partial charge on any atom is 0.345 e. The van der Waals surface area contributed by atoms with Crippen LogP contribution in [0.2, 0.25) is 0 Å². The zero-order valence-electron chi connectivity index (χ0n) is 13.2. The minimum Gasteiger partial charge on any atom is -0.508 e. The lowest BCUT2D eigenvalue weighted by Gasteiger charge is -2.17. The number of para-hydroxylation sites is 2. The maximum absolute atomic E-state index is 12.0. The highest BCUT2D eigenvalue weighted by Gasteiger charge is 2.28. The zero-order valence-corrected chi connectivity index (χ0v) is 13.2. The Labute approximate surface area is 143 Å². The molecule has 2 unspecified atom stereocenters. The summed E-state index contributed by atoms with van der Waals surface area (Å²) >= 11 is 0.